The fourth-order valence-corrected chi connectivity index (χ4v) is 3.94. The molecule has 3 aromatic rings. The van der Waals surface area contributed by atoms with Crippen molar-refractivity contribution in [2.75, 3.05) is 18.9 Å². The van der Waals surface area contributed by atoms with Crippen molar-refractivity contribution in [3.05, 3.63) is 42.7 Å². The summed E-state index contributed by atoms with van der Waals surface area (Å²) in [6.07, 6.45) is 6.63. The van der Waals surface area contributed by atoms with Gasteiger partial charge in [-0.1, -0.05) is 6.92 Å². The van der Waals surface area contributed by atoms with E-state index in [2.05, 4.69) is 19.9 Å². The molecule has 0 radical (unpaired) electrons. The van der Waals surface area contributed by atoms with Crippen molar-refractivity contribution in [3.8, 4) is 0 Å². The van der Waals surface area contributed by atoms with E-state index in [4.69, 9.17) is 15.0 Å². The third kappa shape index (κ3) is 4.48. The second-order valence-corrected chi connectivity index (χ2v) is 7.63. The van der Waals surface area contributed by atoms with Crippen LogP contribution in [-0.2, 0) is 20.4 Å². The van der Waals surface area contributed by atoms with E-state index in [1.807, 2.05) is 6.92 Å². The van der Waals surface area contributed by atoms with Crippen LogP contribution in [0.1, 0.15) is 24.8 Å². The van der Waals surface area contributed by atoms with E-state index in [0.29, 0.717) is 35.5 Å². The number of rotatable bonds is 9. The molecule has 10 nitrogen and oxygen atoms in total. The minimum atomic E-state index is -4.02. The third-order valence-electron chi connectivity index (χ3n) is 3.81. The van der Waals surface area contributed by atoms with Gasteiger partial charge in [0.1, 0.15) is 11.8 Å². The number of imidazole rings is 1. The molecular weight excluding hydrogens is 371 g/mol. The zero-order valence-corrected chi connectivity index (χ0v) is 15.7. The number of anilines is 1. The Morgan fingerprint density at radius 1 is 1.26 bits per heavy atom. The molecule has 3 N–H and O–H groups in total. The van der Waals surface area contributed by atoms with Gasteiger partial charge in [-0.2, -0.15) is 0 Å². The van der Waals surface area contributed by atoms with Gasteiger partial charge < -0.3 is 24.5 Å². The van der Waals surface area contributed by atoms with Crippen LogP contribution in [0.3, 0.4) is 0 Å². The van der Waals surface area contributed by atoms with E-state index in [1.54, 1.807) is 23.0 Å². The van der Waals surface area contributed by atoms with Gasteiger partial charge in [0, 0.05) is 18.9 Å². The predicted octanol–water partition coefficient (Wildman–Crippen LogP) is 2.13. The molecule has 0 amide bonds. The highest BCUT2D eigenvalue weighted by molar-refractivity contribution is 7.53. The van der Waals surface area contributed by atoms with Gasteiger partial charge in [-0.15, -0.1) is 0 Å². The van der Waals surface area contributed by atoms with Crippen LogP contribution < -0.4 is 5.73 Å². The molecule has 0 aliphatic heterocycles. The van der Waals surface area contributed by atoms with E-state index >= 15 is 0 Å². The molecule has 3 rings (SSSR count). The predicted molar refractivity (Wildman–Crippen MR) is 98.7 cm³/mol. The number of nitrogens with two attached hydrogens (primary N) is 1. The quantitative estimate of drug-likeness (QED) is 0.524. The van der Waals surface area contributed by atoms with Gasteiger partial charge in [-0.3, -0.25) is 9.55 Å². The van der Waals surface area contributed by atoms with Gasteiger partial charge in [0.05, 0.1) is 19.5 Å². The van der Waals surface area contributed by atoms with Gasteiger partial charge in [-0.05, 0) is 24.1 Å². The lowest BCUT2D eigenvalue weighted by Gasteiger charge is -2.23. The minimum Gasteiger partial charge on any atom is -0.382 e. The average Bonchev–Trinajstić information content (AvgIpc) is 3.09. The van der Waals surface area contributed by atoms with E-state index in [1.165, 1.54) is 18.7 Å². The Kier molecular flexibility index (Phi) is 6.12. The summed E-state index contributed by atoms with van der Waals surface area (Å²) in [6.45, 7) is 2.53. The lowest BCUT2D eigenvalue weighted by Crippen LogP contribution is -2.13. The van der Waals surface area contributed by atoms with Crippen LogP contribution >= 0.6 is 7.60 Å². The van der Waals surface area contributed by atoms with Gasteiger partial charge in [0.2, 0.25) is 0 Å². The monoisotopic (exact) mass is 392 g/mol. The summed E-state index contributed by atoms with van der Waals surface area (Å²) >= 11 is 0. The van der Waals surface area contributed by atoms with Crippen LogP contribution in [0.4, 0.5) is 5.82 Å². The second kappa shape index (κ2) is 8.53. The molecule has 2 atom stereocenters. The Bertz CT molecular complexity index is 935. The smallest absolute Gasteiger partial charge is 0.361 e. The molecule has 3 heterocycles. The summed E-state index contributed by atoms with van der Waals surface area (Å²) in [5.74, 6) is -0.816. The van der Waals surface area contributed by atoms with Crippen LogP contribution in [0.25, 0.3) is 11.2 Å². The molecule has 0 saturated heterocycles. The molecule has 11 heteroatoms. The van der Waals surface area contributed by atoms with Crippen LogP contribution in [-0.4, -0.2) is 42.6 Å². The number of pyridine rings is 1. The van der Waals surface area contributed by atoms with Crippen molar-refractivity contribution in [1.82, 2.24) is 24.5 Å². The van der Waals surface area contributed by atoms with E-state index in [-0.39, 0.29) is 13.2 Å². The molecule has 0 aromatic carbocycles. The Balaban J connectivity index is 1.74. The van der Waals surface area contributed by atoms with Crippen LogP contribution in [0.2, 0.25) is 0 Å². The Labute approximate surface area is 155 Å². The van der Waals surface area contributed by atoms with Gasteiger partial charge >= 0.3 is 7.60 Å². The van der Waals surface area contributed by atoms with Gasteiger partial charge in [0.25, 0.3) is 0 Å². The minimum absolute atomic E-state index is 0.141. The van der Waals surface area contributed by atoms with Crippen molar-refractivity contribution in [1.29, 1.82) is 0 Å². The largest absolute Gasteiger partial charge is 0.382 e. The summed E-state index contributed by atoms with van der Waals surface area (Å²) < 4.78 is 25.3. The zero-order valence-electron chi connectivity index (χ0n) is 14.8. The highest BCUT2D eigenvalue weighted by Gasteiger charge is 2.34. The maximum absolute atomic E-state index is 12.7. The maximum Gasteiger partial charge on any atom is 0.361 e. The molecule has 0 saturated carbocycles. The SMILES string of the molecule is CCCOP(=O)(O)C(OCCn1cnc2c(N)ncnc21)c1ccncc1. The molecule has 0 aliphatic rings. The first kappa shape index (κ1) is 19.4. The number of nitrogen functional groups attached to an aromatic ring is 1. The number of nitrogens with zero attached hydrogens (tertiary/aromatic N) is 5. The number of aromatic nitrogens is 5. The Morgan fingerprint density at radius 3 is 2.78 bits per heavy atom. The molecule has 144 valence electrons. The lowest BCUT2D eigenvalue weighted by atomic mass is 10.3. The van der Waals surface area contributed by atoms with Gasteiger partial charge in [0.15, 0.2) is 17.3 Å². The molecule has 3 aromatic heterocycles. The van der Waals surface area contributed by atoms with E-state index < -0.39 is 13.4 Å². The maximum atomic E-state index is 12.7. The highest BCUT2D eigenvalue weighted by Crippen LogP contribution is 2.57. The second-order valence-electron chi connectivity index (χ2n) is 5.77. The third-order valence-corrected chi connectivity index (χ3v) is 5.40. The standard InChI is InChI=1S/C16H21N6O4P/c1-2-8-26-27(23,24)16(12-3-5-18-6-4-12)25-9-7-22-11-21-13-14(17)19-10-20-15(13)22/h3-6,10-11,16H,2,7-9H2,1H3,(H,23,24)(H2,17,19,20). The topological polar surface area (TPSA) is 138 Å². The van der Waals surface area contributed by atoms with Crippen molar-refractivity contribution >= 4 is 24.6 Å². The first-order valence-corrected chi connectivity index (χ1v) is 10.1. The zero-order chi connectivity index (χ0) is 19.3. The average molecular weight is 392 g/mol. The fraction of sp³-hybridized carbons (Fsp3) is 0.375. The molecular formula is C16H21N6O4P. The van der Waals surface area contributed by atoms with E-state index in [0.717, 1.165) is 0 Å². The van der Waals surface area contributed by atoms with Crippen molar-refractivity contribution < 1.29 is 18.7 Å². The van der Waals surface area contributed by atoms with Crippen molar-refractivity contribution in [3.63, 3.8) is 0 Å². The fourth-order valence-electron chi connectivity index (χ4n) is 2.52. The summed E-state index contributed by atoms with van der Waals surface area (Å²) in [6, 6.07) is 3.26. The summed E-state index contributed by atoms with van der Waals surface area (Å²) in [7, 11) is -4.02. The Hall–Kier alpha value is -2.39. The van der Waals surface area contributed by atoms with Crippen LogP contribution in [0, 0.1) is 0 Å². The molecule has 0 aliphatic carbocycles. The number of ether oxygens (including phenoxy) is 1. The van der Waals surface area contributed by atoms with Crippen LogP contribution in [0.15, 0.2) is 37.2 Å². The molecule has 0 spiro atoms. The number of fused-ring (bicyclic) bond motifs is 1. The van der Waals surface area contributed by atoms with E-state index in [9.17, 15) is 9.46 Å². The van der Waals surface area contributed by atoms with Crippen molar-refractivity contribution in [2.45, 2.75) is 25.7 Å². The summed E-state index contributed by atoms with van der Waals surface area (Å²) in [5.41, 5.74) is 7.37. The summed E-state index contributed by atoms with van der Waals surface area (Å²) in [4.78, 5) is 26.5. The first-order valence-electron chi connectivity index (χ1n) is 8.42. The molecule has 27 heavy (non-hydrogen) atoms. The molecule has 0 fully saturated rings. The first-order chi connectivity index (χ1) is 13.0. The normalized spacial score (nSPS) is 14.9. The van der Waals surface area contributed by atoms with Crippen LogP contribution in [0.5, 0.6) is 0 Å². The number of hydrogen-bond acceptors (Lipinski definition) is 8. The van der Waals surface area contributed by atoms with Gasteiger partial charge in [-0.25, -0.2) is 15.0 Å². The summed E-state index contributed by atoms with van der Waals surface area (Å²) in [5, 5.41) is 0. The number of hydrogen-bond donors (Lipinski definition) is 2. The Morgan fingerprint density at radius 2 is 2.04 bits per heavy atom. The molecule has 0 bridgehead atoms. The lowest BCUT2D eigenvalue weighted by molar-refractivity contribution is 0.0723. The highest BCUT2D eigenvalue weighted by atomic mass is 31.2. The van der Waals surface area contributed by atoms with Crippen molar-refractivity contribution in [2.24, 2.45) is 0 Å². The molecule has 2 unspecified atom stereocenters.